The maximum absolute atomic E-state index is 10.5. The molecule has 0 fully saturated rings. The Morgan fingerprint density at radius 1 is 1.64 bits per heavy atom. The van der Waals surface area contributed by atoms with E-state index in [2.05, 4.69) is 0 Å². The second-order valence-corrected chi connectivity index (χ2v) is 3.13. The van der Waals surface area contributed by atoms with Crippen LogP contribution < -0.4 is 5.73 Å². The first-order valence-electron chi connectivity index (χ1n) is 3.88. The van der Waals surface area contributed by atoms with Crippen molar-refractivity contribution in [1.82, 2.24) is 0 Å². The molecule has 1 aromatic carbocycles. The summed E-state index contributed by atoms with van der Waals surface area (Å²) >= 11 is 5.58. The topological polar surface area (TPSA) is 89.4 Å². The molecule has 0 amide bonds. The van der Waals surface area contributed by atoms with Crippen LogP contribution in [0.4, 0.5) is 5.69 Å². The molecule has 5 nitrogen and oxygen atoms in total. The molecule has 0 bridgehead atoms. The minimum absolute atomic E-state index is 0.0127. The fraction of sp³-hybridized carbons (Fsp3) is 0.250. The van der Waals surface area contributed by atoms with Crippen LogP contribution in [0.2, 0.25) is 5.02 Å². The molecule has 76 valence electrons. The van der Waals surface area contributed by atoms with Crippen LogP contribution in [0.3, 0.4) is 0 Å². The van der Waals surface area contributed by atoms with Crippen LogP contribution in [-0.4, -0.2) is 16.6 Å². The summed E-state index contributed by atoms with van der Waals surface area (Å²) in [5.41, 5.74) is 5.38. The highest BCUT2D eigenvalue weighted by atomic mass is 35.5. The van der Waals surface area contributed by atoms with E-state index in [1.807, 2.05) is 0 Å². The summed E-state index contributed by atoms with van der Waals surface area (Å²) in [6.07, 6.45) is -0.897. The fourth-order valence-corrected chi connectivity index (χ4v) is 1.20. The van der Waals surface area contributed by atoms with Crippen molar-refractivity contribution < 1.29 is 10.0 Å². The quantitative estimate of drug-likeness (QED) is 0.588. The summed E-state index contributed by atoms with van der Waals surface area (Å²) in [6.45, 7) is 0.0127. The summed E-state index contributed by atoms with van der Waals surface area (Å²) in [6, 6.07) is 4.10. The molecule has 1 unspecified atom stereocenters. The zero-order chi connectivity index (χ0) is 10.7. The molecule has 1 atom stereocenters. The van der Waals surface area contributed by atoms with E-state index in [-0.39, 0.29) is 17.3 Å². The first-order chi connectivity index (χ1) is 6.56. The second kappa shape index (κ2) is 4.36. The first-order valence-corrected chi connectivity index (χ1v) is 4.26. The summed E-state index contributed by atoms with van der Waals surface area (Å²) in [5.74, 6) is 0. The molecule has 1 rings (SSSR count). The minimum atomic E-state index is -0.897. The highest BCUT2D eigenvalue weighted by Gasteiger charge is 2.15. The predicted octanol–water partition coefficient (Wildman–Crippen LogP) is 1.24. The largest absolute Gasteiger partial charge is 0.387 e. The molecule has 6 heteroatoms. The molecule has 0 heterocycles. The van der Waals surface area contributed by atoms with Gasteiger partial charge in [0.05, 0.1) is 11.0 Å². The van der Waals surface area contributed by atoms with E-state index in [4.69, 9.17) is 17.3 Å². The number of benzene rings is 1. The average Bonchev–Trinajstić information content (AvgIpc) is 2.17. The molecule has 0 saturated carbocycles. The third kappa shape index (κ3) is 2.20. The number of nitrogens with two attached hydrogens (primary N) is 1. The molecule has 0 aliphatic heterocycles. The number of hydrogen-bond acceptors (Lipinski definition) is 4. The van der Waals surface area contributed by atoms with E-state index in [1.165, 1.54) is 18.2 Å². The molecule has 0 spiro atoms. The van der Waals surface area contributed by atoms with Gasteiger partial charge in [0.2, 0.25) is 0 Å². The van der Waals surface area contributed by atoms with Crippen molar-refractivity contribution in [1.29, 1.82) is 0 Å². The molecular weight excluding hydrogens is 208 g/mol. The van der Waals surface area contributed by atoms with Gasteiger partial charge in [0.1, 0.15) is 5.02 Å². The summed E-state index contributed by atoms with van der Waals surface area (Å²) in [7, 11) is 0. The fourth-order valence-electron chi connectivity index (χ4n) is 1.01. The molecule has 0 radical (unpaired) electrons. The lowest BCUT2D eigenvalue weighted by Gasteiger charge is -2.07. The molecule has 3 N–H and O–H groups in total. The van der Waals surface area contributed by atoms with Crippen molar-refractivity contribution in [3.63, 3.8) is 0 Å². The van der Waals surface area contributed by atoms with Crippen molar-refractivity contribution in [2.75, 3.05) is 6.54 Å². The van der Waals surface area contributed by atoms with Gasteiger partial charge in [-0.15, -0.1) is 0 Å². The molecule has 0 aromatic heterocycles. The van der Waals surface area contributed by atoms with E-state index >= 15 is 0 Å². The number of nitrogens with zero attached hydrogens (tertiary/aromatic N) is 1. The lowest BCUT2D eigenvalue weighted by Crippen LogP contribution is -2.11. The Kier molecular flexibility index (Phi) is 3.40. The zero-order valence-electron chi connectivity index (χ0n) is 7.18. The summed E-state index contributed by atoms with van der Waals surface area (Å²) < 4.78 is 0. The van der Waals surface area contributed by atoms with Gasteiger partial charge >= 0.3 is 0 Å². The Morgan fingerprint density at radius 3 is 2.79 bits per heavy atom. The molecule has 0 aliphatic carbocycles. The van der Waals surface area contributed by atoms with Gasteiger partial charge in [-0.25, -0.2) is 0 Å². The summed E-state index contributed by atoms with van der Waals surface area (Å²) in [4.78, 5) is 9.89. The van der Waals surface area contributed by atoms with Gasteiger partial charge in [-0.3, -0.25) is 10.1 Å². The third-order valence-corrected chi connectivity index (χ3v) is 2.09. The van der Waals surface area contributed by atoms with Gasteiger partial charge < -0.3 is 10.8 Å². The van der Waals surface area contributed by atoms with Gasteiger partial charge in [0, 0.05) is 12.6 Å². The lowest BCUT2D eigenvalue weighted by atomic mass is 10.1. The van der Waals surface area contributed by atoms with Crippen molar-refractivity contribution in [3.05, 3.63) is 38.9 Å². The highest BCUT2D eigenvalue weighted by Crippen LogP contribution is 2.27. The van der Waals surface area contributed by atoms with Crippen LogP contribution in [0.25, 0.3) is 0 Å². The Bertz CT molecular complexity index is 356. The van der Waals surface area contributed by atoms with Gasteiger partial charge in [0.25, 0.3) is 5.69 Å². The van der Waals surface area contributed by atoms with Crippen molar-refractivity contribution in [2.45, 2.75) is 6.10 Å². The monoisotopic (exact) mass is 216 g/mol. The van der Waals surface area contributed by atoms with Crippen LogP contribution in [0.5, 0.6) is 0 Å². The Hall–Kier alpha value is -1.17. The van der Waals surface area contributed by atoms with Gasteiger partial charge in [-0.05, 0) is 11.6 Å². The van der Waals surface area contributed by atoms with E-state index in [0.29, 0.717) is 5.56 Å². The Labute approximate surface area is 85.3 Å². The van der Waals surface area contributed by atoms with Gasteiger partial charge in [0.15, 0.2) is 0 Å². The molecular formula is C8H9ClN2O3. The molecule has 1 aromatic rings. The van der Waals surface area contributed by atoms with Crippen LogP contribution in [0.15, 0.2) is 18.2 Å². The van der Waals surface area contributed by atoms with Crippen molar-refractivity contribution >= 4 is 17.3 Å². The standard InChI is InChI=1S/C8H9ClN2O3/c9-6-2-1-5(8(12)4-10)3-7(6)11(13)14/h1-3,8,12H,4,10H2. The smallest absolute Gasteiger partial charge is 0.288 e. The number of rotatable bonds is 3. The Morgan fingerprint density at radius 2 is 2.29 bits per heavy atom. The van der Waals surface area contributed by atoms with Crippen LogP contribution >= 0.6 is 11.6 Å². The van der Waals surface area contributed by atoms with Crippen molar-refractivity contribution in [3.8, 4) is 0 Å². The maximum atomic E-state index is 10.5. The van der Waals surface area contributed by atoms with E-state index in [1.54, 1.807) is 0 Å². The molecule has 0 aliphatic rings. The van der Waals surface area contributed by atoms with E-state index < -0.39 is 11.0 Å². The van der Waals surface area contributed by atoms with E-state index in [9.17, 15) is 15.2 Å². The maximum Gasteiger partial charge on any atom is 0.288 e. The number of aliphatic hydroxyl groups excluding tert-OH is 1. The molecule has 14 heavy (non-hydrogen) atoms. The van der Waals surface area contributed by atoms with E-state index in [0.717, 1.165) is 0 Å². The molecule has 0 saturated heterocycles. The first kappa shape index (κ1) is 10.9. The van der Waals surface area contributed by atoms with Crippen LogP contribution in [0.1, 0.15) is 11.7 Å². The van der Waals surface area contributed by atoms with Crippen LogP contribution in [-0.2, 0) is 0 Å². The lowest BCUT2D eigenvalue weighted by molar-refractivity contribution is -0.384. The Balaban J connectivity index is 3.12. The van der Waals surface area contributed by atoms with Gasteiger partial charge in [-0.2, -0.15) is 0 Å². The predicted molar refractivity (Wildman–Crippen MR) is 52.1 cm³/mol. The highest BCUT2D eigenvalue weighted by molar-refractivity contribution is 6.32. The third-order valence-electron chi connectivity index (χ3n) is 1.77. The number of aliphatic hydroxyl groups is 1. The van der Waals surface area contributed by atoms with Crippen molar-refractivity contribution in [2.24, 2.45) is 5.73 Å². The normalized spacial score (nSPS) is 12.5. The van der Waals surface area contributed by atoms with Gasteiger partial charge in [-0.1, -0.05) is 17.7 Å². The number of nitro benzene ring substituents is 1. The number of nitro groups is 1. The number of hydrogen-bond donors (Lipinski definition) is 2. The SMILES string of the molecule is NCC(O)c1ccc(Cl)c([N+](=O)[O-])c1. The zero-order valence-corrected chi connectivity index (χ0v) is 7.94. The average molecular weight is 217 g/mol. The van der Waals surface area contributed by atoms with Crippen LogP contribution in [0, 0.1) is 10.1 Å². The minimum Gasteiger partial charge on any atom is -0.387 e. The summed E-state index contributed by atoms with van der Waals surface area (Å²) in [5, 5.41) is 19.9. The number of halogens is 1. The second-order valence-electron chi connectivity index (χ2n) is 2.72.